The summed E-state index contributed by atoms with van der Waals surface area (Å²) >= 11 is 9.93. The fourth-order valence-electron chi connectivity index (χ4n) is 3.29. The molecule has 0 atom stereocenters. The number of ether oxygens (including phenoxy) is 1. The standard InChI is InChI=1S/C20H17BrClN3O/c1-2-15-18(21)17-19(22)23-12-24-20(17)25(15)10-11-26-16-9-5-7-13-6-3-4-8-14(13)16/h3-9,12H,2,10-11H2,1H3. The van der Waals surface area contributed by atoms with Gasteiger partial charge in [0.1, 0.15) is 29.5 Å². The molecule has 132 valence electrons. The molecule has 0 aliphatic rings. The van der Waals surface area contributed by atoms with Crippen molar-refractivity contribution in [2.75, 3.05) is 6.61 Å². The first kappa shape index (κ1) is 17.3. The zero-order chi connectivity index (χ0) is 18.1. The van der Waals surface area contributed by atoms with Gasteiger partial charge in [-0.1, -0.05) is 54.9 Å². The summed E-state index contributed by atoms with van der Waals surface area (Å²) in [7, 11) is 0. The minimum absolute atomic E-state index is 0.463. The molecular weight excluding hydrogens is 414 g/mol. The summed E-state index contributed by atoms with van der Waals surface area (Å²) in [4.78, 5) is 8.53. The predicted molar refractivity (Wildman–Crippen MR) is 109 cm³/mol. The van der Waals surface area contributed by atoms with Crippen LogP contribution in [0.25, 0.3) is 21.8 Å². The molecule has 0 radical (unpaired) electrons. The van der Waals surface area contributed by atoms with E-state index >= 15 is 0 Å². The Balaban J connectivity index is 1.63. The zero-order valence-electron chi connectivity index (χ0n) is 14.2. The highest BCUT2D eigenvalue weighted by atomic mass is 79.9. The lowest BCUT2D eigenvalue weighted by atomic mass is 10.1. The molecular formula is C20H17BrClN3O. The second kappa shape index (κ2) is 7.25. The molecule has 0 unspecified atom stereocenters. The Hall–Kier alpha value is -2.11. The van der Waals surface area contributed by atoms with Crippen LogP contribution in [0.1, 0.15) is 12.6 Å². The van der Waals surface area contributed by atoms with Crippen molar-refractivity contribution in [2.24, 2.45) is 0 Å². The molecule has 6 heteroatoms. The van der Waals surface area contributed by atoms with Gasteiger partial charge in [-0.3, -0.25) is 0 Å². The second-order valence-corrected chi connectivity index (χ2v) is 7.11. The van der Waals surface area contributed by atoms with Gasteiger partial charge in [0.2, 0.25) is 0 Å². The van der Waals surface area contributed by atoms with E-state index in [0.29, 0.717) is 18.3 Å². The van der Waals surface area contributed by atoms with Crippen molar-refractivity contribution in [1.82, 2.24) is 14.5 Å². The molecule has 26 heavy (non-hydrogen) atoms. The van der Waals surface area contributed by atoms with E-state index in [-0.39, 0.29) is 0 Å². The van der Waals surface area contributed by atoms with Crippen molar-refractivity contribution in [3.8, 4) is 5.75 Å². The number of rotatable bonds is 5. The lowest BCUT2D eigenvalue weighted by Crippen LogP contribution is -2.11. The molecule has 0 fully saturated rings. The van der Waals surface area contributed by atoms with Crippen molar-refractivity contribution >= 4 is 49.3 Å². The first-order chi connectivity index (χ1) is 12.7. The van der Waals surface area contributed by atoms with Gasteiger partial charge in [-0.2, -0.15) is 0 Å². The number of hydrogen-bond donors (Lipinski definition) is 0. The van der Waals surface area contributed by atoms with Gasteiger partial charge in [-0.25, -0.2) is 9.97 Å². The quantitative estimate of drug-likeness (QED) is 0.385. The summed E-state index contributed by atoms with van der Waals surface area (Å²) in [6, 6.07) is 14.3. The Morgan fingerprint density at radius 3 is 2.77 bits per heavy atom. The van der Waals surface area contributed by atoms with Gasteiger partial charge in [0.25, 0.3) is 0 Å². The van der Waals surface area contributed by atoms with Crippen molar-refractivity contribution in [2.45, 2.75) is 19.9 Å². The van der Waals surface area contributed by atoms with E-state index in [2.05, 4.69) is 55.6 Å². The van der Waals surface area contributed by atoms with Gasteiger partial charge in [-0.15, -0.1) is 0 Å². The number of halogens is 2. The topological polar surface area (TPSA) is 39.9 Å². The van der Waals surface area contributed by atoms with Gasteiger partial charge in [0, 0.05) is 11.1 Å². The number of hydrogen-bond acceptors (Lipinski definition) is 3. The third-order valence-corrected chi connectivity index (χ3v) is 5.63. The van der Waals surface area contributed by atoms with Crippen molar-refractivity contribution < 1.29 is 4.74 Å². The Morgan fingerprint density at radius 2 is 1.92 bits per heavy atom. The van der Waals surface area contributed by atoms with Crippen LogP contribution in [0.2, 0.25) is 5.15 Å². The molecule has 2 aromatic carbocycles. The van der Waals surface area contributed by atoms with E-state index < -0.39 is 0 Å². The average Bonchev–Trinajstić information content (AvgIpc) is 2.94. The van der Waals surface area contributed by atoms with Crippen LogP contribution in [0.4, 0.5) is 0 Å². The van der Waals surface area contributed by atoms with E-state index in [1.807, 2.05) is 24.3 Å². The summed E-state index contributed by atoms with van der Waals surface area (Å²) in [5.41, 5.74) is 1.97. The second-order valence-electron chi connectivity index (χ2n) is 5.95. The molecule has 0 saturated carbocycles. The summed E-state index contributed by atoms with van der Waals surface area (Å²) in [6.45, 7) is 3.34. The number of aromatic nitrogens is 3. The Kier molecular flexibility index (Phi) is 4.83. The van der Waals surface area contributed by atoms with E-state index in [1.165, 1.54) is 11.7 Å². The molecule has 0 N–H and O–H groups in total. The molecule has 4 rings (SSSR count). The lowest BCUT2D eigenvalue weighted by molar-refractivity contribution is 0.302. The average molecular weight is 431 g/mol. The molecule has 0 amide bonds. The molecule has 4 nitrogen and oxygen atoms in total. The summed E-state index contributed by atoms with van der Waals surface area (Å²) in [5, 5.41) is 3.61. The Morgan fingerprint density at radius 1 is 1.12 bits per heavy atom. The zero-order valence-corrected chi connectivity index (χ0v) is 16.6. The monoisotopic (exact) mass is 429 g/mol. The molecule has 0 spiro atoms. The first-order valence-electron chi connectivity index (χ1n) is 8.48. The highest BCUT2D eigenvalue weighted by Crippen LogP contribution is 2.34. The molecule has 0 saturated heterocycles. The SMILES string of the molecule is CCc1c(Br)c2c(Cl)ncnc2n1CCOc1cccc2ccccc12. The van der Waals surface area contributed by atoms with Crippen molar-refractivity contribution in [3.63, 3.8) is 0 Å². The summed E-state index contributed by atoms with van der Waals surface area (Å²) < 4.78 is 9.21. The largest absolute Gasteiger partial charge is 0.491 e. The van der Waals surface area contributed by atoms with Crippen LogP contribution in [0.3, 0.4) is 0 Å². The number of fused-ring (bicyclic) bond motifs is 2. The molecule has 2 heterocycles. The van der Waals surface area contributed by atoms with Crippen LogP contribution in [-0.2, 0) is 13.0 Å². The predicted octanol–water partition coefficient (Wildman–Crippen LogP) is 5.64. The van der Waals surface area contributed by atoms with Gasteiger partial charge in [-0.05, 0) is 33.8 Å². The van der Waals surface area contributed by atoms with Crippen LogP contribution in [0.15, 0.2) is 53.3 Å². The van der Waals surface area contributed by atoms with E-state index in [0.717, 1.165) is 38.8 Å². The van der Waals surface area contributed by atoms with E-state index in [9.17, 15) is 0 Å². The van der Waals surface area contributed by atoms with Crippen LogP contribution >= 0.6 is 27.5 Å². The van der Waals surface area contributed by atoms with Crippen LogP contribution in [0.5, 0.6) is 5.75 Å². The maximum absolute atomic E-state index is 6.27. The molecule has 0 aliphatic heterocycles. The highest BCUT2D eigenvalue weighted by molar-refractivity contribution is 9.10. The molecule has 2 aromatic heterocycles. The highest BCUT2D eigenvalue weighted by Gasteiger charge is 2.18. The molecule has 4 aromatic rings. The number of nitrogens with zero attached hydrogens (tertiary/aromatic N) is 3. The van der Waals surface area contributed by atoms with Crippen molar-refractivity contribution in [3.05, 3.63) is 64.1 Å². The van der Waals surface area contributed by atoms with E-state index in [4.69, 9.17) is 16.3 Å². The molecule has 0 bridgehead atoms. The fourth-order valence-corrected chi connectivity index (χ4v) is 4.49. The third-order valence-electron chi connectivity index (χ3n) is 4.49. The van der Waals surface area contributed by atoms with Gasteiger partial charge >= 0.3 is 0 Å². The van der Waals surface area contributed by atoms with Crippen LogP contribution in [-0.4, -0.2) is 21.1 Å². The summed E-state index contributed by atoms with van der Waals surface area (Å²) in [6.07, 6.45) is 2.36. The first-order valence-corrected chi connectivity index (χ1v) is 9.65. The van der Waals surface area contributed by atoms with Crippen molar-refractivity contribution in [1.29, 1.82) is 0 Å². The van der Waals surface area contributed by atoms with Gasteiger partial charge in [0.05, 0.1) is 16.4 Å². The van der Waals surface area contributed by atoms with Gasteiger partial charge < -0.3 is 9.30 Å². The lowest BCUT2D eigenvalue weighted by Gasteiger charge is -2.12. The Labute approximate surface area is 164 Å². The Bertz CT molecular complexity index is 1090. The molecule has 0 aliphatic carbocycles. The minimum Gasteiger partial charge on any atom is -0.491 e. The maximum atomic E-state index is 6.27. The third kappa shape index (κ3) is 2.95. The van der Waals surface area contributed by atoms with Crippen LogP contribution < -0.4 is 4.74 Å². The summed E-state index contributed by atoms with van der Waals surface area (Å²) in [5.74, 6) is 0.893. The van der Waals surface area contributed by atoms with Crippen LogP contribution in [0, 0.1) is 0 Å². The minimum atomic E-state index is 0.463. The smallest absolute Gasteiger partial charge is 0.146 e. The van der Waals surface area contributed by atoms with E-state index in [1.54, 1.807) is 0 Å². The van der Waals surface area contributed by atoms with Gasteiger partial charge in [0.15, 0.2) is 0 Å². The normalized spacial score (nSPS) is 11.3. The maximum Gasteiger partial charge on any atom is 0.146 e. The number of benzene rings is 2. The fraction of sp³-hybridized carbons (Fsp3) is 0.200.